The molecule has 1 atom stereocenters. The zero-order valence-corrected chi connectivity index (χ0v) is 20.9. The molecule has 2 aliphatic rings. The highest BCUT2D eigenvalue weighted by Crippen LogP contribution is 2.38. The number of fused-ring (bicyclic) bond motifs is 1. The van der Waals surface area contributed by atoms with Crippen molar-refractivity contribution in [1.29, 1.82) is 0 Å². The Labute approximate surface area is 220 Å². The van der Waals surface area contributed by atoms with Crippen LogP contribution in [0.5, 0.6) is 11.8 Å². The number of methoxy groups -OCH3 is 1. The highest BCUT2D eigenvalue weighted by Gasteiger charge is 2.37. The number of nitrogens with one attached hydrogen (secondary N) is 1. The molecule has 0 radical (unpaired) electrons. The third-order valence-electron chi connectivity index (χ3n) is 6.89. The maximum absolute atomic E-state index is 12.5. The SMILES string of the molecule is COC1(c2ccc(OC(F)(F)F)cc2)CCN(c2ncc(CN[C@@H]3COc4nc([N+](=O)[O-])cn4C3)cn2)CC1. The van der Waals surface area contributed by atoms with E-state index in [2.05, 4.69) is 25.0 Å². The molecule has 0 bridgehead atoms. The summed E-state index contributed by atoms with van der Waals surface area (Å²) in [6.07, 6.45) is 1.30. The van der Waals surface area contributed by atoms with E-state index < -0.39 is 16.9 Å². The van der Waals surface area contributed by atoms with E-state index in [0.29, 0.717) is 51.6 Å². The first kappa shape index (κ1) is 26.6. The molecule has 0 aliphatic carbocycles. The first-order valence-corrected chi connectivity index (χ1v) is 12.2. The van der Waals surface area contributed by atoms with Crippen LogP contribution in [0.3, 0.4) is 0 Å². The van der Waals surface area contributed by atoms with Gasteiger partial charge in [0.1, 0.15) is 18.6 Å². The molecule has 1 saturated heterocycles. The Morgan fingerprint density at radius 3 is 2.51 bits per heavy atom. The summed E-state index contributed by atoms with van der Waals surface area (Å²) in [5.41, 5.74) is 1.02. The number of piperidine rings is 1. The number of hydrogen-bond acceptors (Lipinski definition) is 10. The van der Waals surface area contributed by atoms with Crippen molar-refractivity contribution in [3.8, 4) is 11.8 Å². The lowest BCUT2D eigenvalue weighted by molar-refractivity contribution is -0.389. The van der Waals surface area contributed by atoms with E-state index in [0.717, 1.165) is 11.1 Å². The predicted molar refractivity (Wildman–Crippen MR) is 130 cm³/mol. The number of aromatic nitrogens is 4. The largest absolute Gasteiger partial charge is 0.573 e. The monoisotopic (exact) mass is 549 g/mol. The molecule has 0 saturated carbocycles. The van der Waals surface area contributed by atoms with E-state index in [-0.39, 0.29) is 23.6 Å². The van der Waals surface area contributed by atoms with Gasteiger partial charge in [0, 0.05) is 56.2 Å². The number of imidazole rings is 1. The van der Waals surface area contributed by atoms with Gasteiger partial charge in [-0.2, -0.15) is 0 Å². The summed E-state index contributed by atoms with van der Waals surface area (Å²) in [7, 11) is 1.60. The van der Waals surface area contributed by atoms with Gasteiger partial charge in [-0.25, -0.2) is 9.97 Å². The van der Waals surface area contributed by atoms with Crippen LogP contribution in [0.2, 0.25) is 0 Å². The number of benzene rings is 1. The van der Waals surface area contributed by atoms with E-state index in [4.69, 9.17) is 9.47 Å². The van der Waals surface area contributed by atoms with Crippen LogP contribution >= 0.6 is 0 Å². The molecule has 1 fully saturated rings. The van der Waals surface area contributed by atoms with Crippen molar-refractivity contribution in [3.05, 3.63) is 64.1 Å². The van der Waals surface area contributed by atoms with Crippen molar-refractivity contribution in [2.75, 3.05) is 31.7 Å². The Morgan fingerprint density at radius 2 is 1.90 bits per heavy atom. The average molecular weight is 550 g/mol. The topological polar surface area (TPSA) is 130 Å². The number of anilines is 1. The maximum Gasteiger partial charge on any atom is 0.573 e. The number of ether oxygens (including phenoxy) is 3. The van der Waals surface area contributed by atoms with Crippen molar-refractivity contribution in [2.24, 2.45) is 0 Å². The van der Waals surface area contributed by atoms with Gasteiger partial charge in [-0.3, -0.25) is 4.57 Å². The molecule has 4 heterocycles. The van der Waals surface area contributed by atoms with Gasteiger partial charge in [-0.15, -0.1) is 13.2 Å². The minimum absolute atomic E-state index is 0.0654. The van der Waals surface area contributed by atoms with Crippen LogP contribution in [0.1, 0.15) is 24.0 Å². The molecule has 3 aromatic rings. The van der Waals surface area contributed by atoms with Crippen LogP contribution < -0.4 is 19.7 Å². The van der Waals surface area contributed by atoms with E-state index in [9.17, 15) is 23.3 Å². The van der Waals surface area contributed by atoms with Crippen LogP contribution in [-0.4, -0.2) is 63.7 Å². The van der Waals surface area contributed by atoms with Crippen molar-refractivity contribution in [1.82, 2.24) is 24.8 Å². The van der Waals surface area contributed by atoms with Gasteiger partial charge < -0.3 is 34.5 Å². The second-order valence-corrected chi connectivity index (χ2v) is 9.33. The molecule has 1 N–H and O–H groups in total. The highest BCUT2D eigenvalue weighted by atomic mass is 19.4. The van der Waals surface area contributed by atoms with Crippen molar-refractivity contribution in [2.45, 2.75) is 43.9 Å². The van der Waals surface area contributed by atoms with Gasteiger partial charge in [-0.1, -0.05) is 12.1 Å². The van der Waals surface area contributed by atoms with Crippen LogP contribution in [0.4, 0.5) is 24.9 Å². The second kappa shape index (κ2) is 10.6. The number of rotatable bonds is 8. The van der Waals surface area contributed by atoms with Crippen molar-refractivity contribution >= 4 is 11.8 Å². The smallest absolute Gasteiger partial charge is 0.444 e. The van der Waals surface area contributed by atoms with E-state index in [1.165, 1.54) is 18.3 Å². The van der Waals surface area contributed by atoms with Crippen LogP contribution in [-0.2, 0) is 23.4 Å². The van der Waals surface area contributed by atoms with Crippen molar-refractivity contribution < 1.29 is 32.3 Å². The Bertz CT molecular complexity index is 1290. The first-order chi connectivity index (χ1) is 18.6. The standard InChI is InChI=1S/C24H26F3N7O5/c1-37-23(17-2-4-19(5-3-17)39-24(25,26)27)6-8-32(9-7-23)21-29-11-16(12-30-21)10-28-18-13-33-14-20(34(35)36)31-22(33)38-15-18/h2-5,11-12,14,18,28H,6-10,13,15H2,1H3/t18-/m0/s1. The van der Waals surface area contributed by atoms with Crippen LogP contribution in [0.15, 0.2) is 42.9 Å². The van der Waals surface area contributed by atoms with Gasteiger partial charge in [0.25, 0.3) is 0 Å². The van der Waals surface area contributed by atoms with E-state index >= 15 is 0 Å². The van der Waals surface area contributed by atoms with Crippen LogP contribution in [0, 0.1) is 10.1 Å². The number of alkyl halides is 3. The Kier molecular flexibility index (Phi) is 7.27. The molecule has 2 aromatic heterocycles. The molecule has 0 amide bonds. The minimum atomic E-state index is -4.74. The van der Waals surface area contributed by atoms with Gasteiger partial charge in [-0.05, 0) is 35.5 Å². The summed E-state index contributed by atoms with van der Waals surface area (Å²) in [5.74, 6) is 0.0571. The Morgan fingerprint density at radius 1 is 1.21 bits per heavy atom. The zero-order valence-electron chi connectivity index (χ0n) is 20.9. The number of hydrogen-bond donors (Lipinski definition) is 1. The van der Waals surface area contributed by atoms with Gasteiger partial charge >= 0.3 is 18.2 Å². The molecule has 1 aromatic carbocycles. The lowest BCUT2D eigenvalue weighted by Gasteiger charge is -2.41. The predicted octanol–water partition coefficient (Wildman–Crippen LogP) is 3.17. The normalized spacial score (nSPS) is 18.8. The van der Waals surface area contributed by atoms with Gasteiger partial charge in [0.15, 0.2) is 0 Å². The van der Waals surface area contributed by atoms with Crippen LogP contribution in [0.25, 0.3) is 0 Å². The Hall–Kier alpha value is -3.98. The molecular weight excluding hydrogens is 523 g/mol. The number of nitro groups is 1. The molecular formula is C24H26F3N7O5. The summed E-state index contributed by atoms with van der Waals surface area (Å²) >= 11 is 0. The summed E-state index contributed by atoms with van der Waals surface area (Å²) < 4.78 is 54.4. The third kappa shape index (κ3) is 6.04. The molecule has 15 heteroatoms. The summed E-state index contributed by atoms with van der Waals surface area (Å²) in [6, 6.07) is 5.96. The zero-order chi connectivity index (χ0) is 27.6. The fourth-order valence-corrected chi connectivity index (χ4v) is 4.81. The highest BCUT2D eigenvalue weighted by molar-refractivity contribution is 5.36. The third-order valence-corrected chi connectivity index (χ3v) is 6.89. The summed E-state index contributed by atoms with van der Waals surface area (Å²) in [5, 5.41) is 14.3. The number of halogens is 3. The molecule has 208 valence electrons. The Balaban J connectivity index is 1.14. The first-order valence-electron chi connectivity index (χ1n) is 12.2. The summed E-state index contributed by atoms with van der Waals surface area (Å²) in [6.45, 7) is 2.51. The van der Waals surface area contributed by atoms with E-state index in [1.54, 1.807) is 36.2 Å². The van der Waals surface area contributed by atoms with E-state index in [1.807, 2.05) is 4.90 Å². The average Bonchev–Trinajstić information content (AvgIpc) is 3.36. The molecule has 2 aliphatic heterocycles. The lowest BCUT2D eigenvalue weighted by Crippen LogP contribution is -2.44. The molecule has 39 heavy (non-hydrogen) atoms. The minimum Gasteiger partial charge on any atom is -0.444 e. The number of nitrogens with zero attached hydrogens (tertiary/aromatic N) is 6. The molecule has 0 unspecified atom stereocenters. The second-order valence-electron chi connectivity index (χ2n) is 9.33. The van der Waals surface area contributed by atoms with Gasteiger partial charge in [0.05, 0.1) is 11.6 Å². The lowest BCUT2D eigenvalue weighted by atomic mass is 9.84. The maximum atomic E-state index is 12.5. The summed E-state index contributed by atoms with van der Waals surface area (Å²) in [4.78, 5) is 25.3. The van der Waals surface area contributed by atoms with Gasteiger partial charge in [0.2, 0.25) is 5.95 Å². The van der Waals surface area contributed by atoms with Crippen molar-refractivity contribution in [3.63, 3.8) is 0 Å². The molecule has 12 nitrogen and oxygen atoms in total. The molecule has 0 spiro atoms. The molecule has 5 rings (SSSR count). The fourth-order valence-electron chi connectivity index (χ4n) is 4.81. The fraction of sp³-hybridized carbons (Fsp3) is 0.458. The quantitative estimate of drug-likeness (QED) is 0.330.